The molecule has 4 rings (SSSR count). The van der Waals surface area contributed by atoms with Gasteiger partial charge in [0.2, 0.25) is 11.0 Å². The van der Waals surface area contributed by atoms with Gasteiger partial charge in [0.15, 0.2) is 0 Å². The number of aromatic nitrogens is 2. The van der Waals surface area contributed by atoms with E-state index in [1.54, 1.807) is 7.11 Å². The third-order valence-electron chi connectivity index (χ3n) is 5.66. The summed E-state index contributed by atoms with van der Waals surface area (Å²) < 4.78 is 9.70. The molecule has 0 bridgehead atoms. The van der Waals surface area contributed by atoms with Crippen molar-refractivity contribution in [3.8, 4) is 5.75 Å². The minimum absolute atomic E-state index is 0.0715. The molecule has 1 aromatic heterocycles. The predicted octanol–water partition coefficient (Wildman–Crippen LogP) is 3.71. The Kier molecular flexibility index (Phi) is 7.14. The lowest BCUT2D eigenvalue weighted by molar-refractivity contribution is -0.120. The molecule has 0 radical (unpaired) electrons. The molecular formula is C24H28N4O2S. The summed E-state index contributed by atoms with van der Waals surface area (Å²) in [5.41, 5.74) is 2.23. The molecule has 0 saturated carbocycles. The summed E-state index contributed by atoms with van der Waals surface area (Å²) >= 11 is 1.48. The number of amides is 1. The van der Waals surface area contributed by atoms with Gasteiger partial charge in [0, 0.05) is 37.6 Å². The Labute approximate surface area is 187 Å². The van der Waals surface area contributed by atoms with Gasteiger partial charge in [0.25, 0.3) is 0 Å². The van der Waals surface area contributed by atoms with Gasteiger partial charge < -0.3 is 15.0 Å². The van der Waals surface area contributed by atoms with Gasteiger partial charge in [0.05, 0.1) is 13.5 Å². The number of hydrogen-bond donors (Lipinski definition) is 1. The number of carbonyl (C=O) groups excluding carboxylic acids is 1. The second-order valence-electron chi connectivity index (χ2n) is 7.91. The molecule has 1 saturated heterocycles. The number of rotatable bonds is 8. The van der Waals surface area contributed by atoms with Crippen LogP contribution in [0.1, 0.15) is 29.8 Å². The number of ether oxygens (including phenoxy) is 1. The summed E-state index contributed by atoms with van der Waals surface area (Å²) in [6.07, 6.45) is 3.28. The third kappa shape index (κ3) is 6.04. The summed E-state index contributed by atoms with van der Waals surface area (Å²) in [5.74, 6) is 2.27. The van der Waals surface area contributed by atoms with Crippen LogP contribution in [0.4, 0.5) is 5.13 Å². The fraction of sp³-hybridized carbons (Fsp3) is 0.375. The smallest absolute Gasteiger partial charge is 0.224 e. The SMILES string of the molecule is COc1ccc(CC(=O)NCC2CCN(c3nc(Cc4ccccc4)ns3)CC2)cc1. The summed E-state index contributed by atoms with van der Waals surface area (Å²) in [6, 6.07) is 18.0. The van der Waals surface area contributed by atoms with Crippen LogP contribution < -0.4 is 15.0 Å². The lowest BCUT2D eigenvalue weighted by Gasteiger charge is -2.31. The van der Waals surface area contributed by atoms with Crippen molar-refractivity contribution in [2.75, 3.05) is 31.6 Å². The highest BCUT2D eigenvalue weighted by molar-refractivity contribution is 7.09. The largest absolute Gasteiger partial charge is 0.497 e. The van der Waals surface area contributed by atoms with Crippen LogP contribution in [0.25, 0.3) is 0 Å². The molecule has 2 aromatic carbocycles. The number of piperidine rings is 1. The molecular weight excluding hydrogens is 408 g/mol. The maximum Gasteiger partial charge on any atom is 0.224 e. The molecule has 0 aliphatic carbocycles. The maximum absolute atomic E-state index is 12.3. The van der Waals surface area contributed by atoms with Crippen LogP contribution in [-0.2, 0) is 17.6 Å². The zero-order valence-electron chi connectivity index (χ0n) is 17.8. The van der Waals surface area contributed by atoms with Crippen molar-refractivity contribution in [3.05, 3.63) is 71.5 Å². The van der Waals surface area contributed by atoms with E-state index in [1.165, 1.54) is 17.1 Å². The Morgan fingerprint density at radius 2 is 1.84 bits per heavy atom. The van der Waals surface area contributed by atoms with E-state index in [-0.39, 0.29) is 5.91 Å². The molecule has 31 heavy (non-hydrogen) atoms. The molecule has 1 fully saturated rings. The number of methoxy groups -OCH3 is 1. The van der Waals surface area contributed by atoms with Crippen LogP contribution in [-0.4, -0.2) is 42.0 Å². The van der Waals surface area contributed by atoms with Crippen LogP contribution in [0.5, 0.6) is 5.75 Å². The predicted molar refractivity (Wildman–Crippen MR) is 124 cm³/mol. The second kappa shape index (κ2) is 10.4. The molecule has 1 aliphatic heterocycles. The van der Waals surface area contributed by atoms with Crippen molar-refractivity contribution in [2.45, 2.75) is 25.7 Å². The van der Waals surface area contributed by atoms with E-state index < -0.39 is 0 Å². The Bertz CT molecular complexity index is 967. The van der Waals surface area contributed by atoms with Gasteiger partial charge in [-0.3, -0.25) is 4.79 Å². The van der Waals surface area contributed by atoms with E-state index in [0.717, 1.165) is 61.2 Å². The van der Waals surface area contributed by atoms with E-state index in [4.69, 9.17) is 9.72 Å². The third-order valence-corrected chi connectivity index (χ3v) is 6.47. The van der Waals surface area contributed by atoms with Gasteiger partial charge in [-0.05, 0) is 42.0 Å². The summed E-state index contributed by atoms with van der Waals surface area (Å²) in [6.45, 7) is 2.65. The second-order valence-corrected chi connectivity index (χ2v) is 8.65. The zero-order valence-corrected chi connectivity index (χ0v) is 18.6. The van der Waals surface area contributed by atoms with Gasteiger partial charge in [-0.1, -0.05) is 42.5 Å². The monoisotopic (exact) mass is 436 g/mol. The summed E-state index contributed by atoms with van der Waals surface area (Å²) in [4.78, 5) is 19.3. The highest BCUT2D eigenvalue weighted by atomic mass is 32.1. The first kappa shape index (κ1) is 21.3. The quantitative estimate of drug-likeness (QED) is 0.583. The van der Waals surface area contributed by atoms with Crippen molar-refractivity contribution in [1.82, 2.24) is 14.7 Å². The van der Waals surface area contributed by atoms with Crippen molar-refractivity contribution in [2.24, 2.45) is 5.92 Å². The maximum atomic E-state index is 12.3. The number of anilines is 1. The molecule has 1 aliphatic rings. The Morgan fingerprint density at radius 1 is 1.10 bits per heavy atom. The molecule has 162 valence electrons. The Balaban J connectivity index is 1.19. The van der Waals surface area contributed by atoms with E-state index in [9.17, 15) is 4.79 Å². The molecule has 1 N–H and O–H groups in total. The highest BCUT2D eigenvalue weighted by Crippen LogP contribution is 2.25. The number of nitrogens with one attached hydrogen (secondary N) is 1. The first-order valence-corrected chi connectivity index (χ1v) is 11.5. The van der Waals surface area contributed by atoms with Gasteiger partial charge in [-0.2, -0.15) is 4.37 Å². The fourth-order valence-electron chi connectivity index (χ4n) is 3.80. The zero-order chi connectivity index (χ0) is 21.5. The molecule has 1 amide bonds. The van der Waals surface area contributed by atoms with E-state index in [1.807, 2.05) is 42.5 Å². The first-order chi connectivity index (χ1) is 15.2. The number of hydrogen-bond acceptors (Lipinski definition) is 6. The molecule has 0 unspecified atom stereocenters. The van der Waals surface area contributed by atoms with Crippen molar-refractivity contribution >= 4 is 22.6 Å². The minimum atomic E-state index is 0.0715. The molecule has 6 nitrogen and oxygen atoms in total. The fourth-order valence-corrected chi connectivity index (χ4v) is 4.54. The van der Waals surface area contributed by atoms with Crippen LogP contribution in [0, 0.1) is 5.92 Å². The molecule has 0 spiro atoms. The lowest BCUT2D eigenvalue weighted by Crippen LogP contribution is -2.39. The molecule has 0 atom stereocenters. The molecule has 3 aromatic rings. The standard InChI is InChI=1S/C24H28N4O2S/c1-30-21-9-7-19(8-10-21)16-23(29)25-17-20-11-13-28(14-12-20)24-26-22(27-31-24)15-18-5-3-2-4-6-18/h2-10,20H,11-17H2,1H3,(H,25,29). The van der Waals surface area contributed by atoms with E-state index >= 15 is 0 Å². The van der Waals surface area contributed by atoms with Gasteiger partial charge in [-0.25, -0.2) is 4.98 Å². The number of nitrogens with zero attached hydrogens (tertiary/aromatic N) is 3. The van der Waals surface area contributed by atoms with Crippen molar-refractivity contribution in [3.63, 3.8) is 0 Å². The number of carbonyl (C=O) groups is 1. The average molecular weight is 437 g/mol. The van der Waals surface area contributed by atoms with Crippen LogP contribution in [0.15, 0.2) is 54.6 Å². The van der Waals surface area contributed by atoms with E-state index in [2.05, 4.69) is 26.7 Å². The average Bonchev–Trinajstić information content (AvgIpc) is 3.28. The topological polar surface area (TPSA) is 67.3 Å². The van der Waals surface area contributed by atoms with E-state index in [0.29, 0.717) is 12.3 Å². The Hall–Kier alpha value is -2.93. The Morgan fingerprint density at radius 3 is 2.55 bits per heavy atom. The van der Waals surface area contributed by atoms with Gasteiger partial charge >= 0.3 is 0 Å². The van der Waals surface area contributed by atoms with Crippen molar-refractivity contribution in [1.29, 1.82) is 0 Å². The van der Waals surface area contributed by atoms with Crippen LogP contribution >= 0.6 is 11.5 Å². The number of benzene rings is 2. The minimum Gasteiger partial charge on any atom is -0.497 e. The highest BCUT2D eigenvalue weighted by Gasteiger charge is 2.22. The van der Waals surface area contributed by atoms with Crippen LogP contribution in [0.2, 0.25) is 0 Å². The summed E-state index contributed by atoms with van der Waals surface area (Å²) in [5, 5.41) is 4.11. The molecule has 2 heterocycles. The normalized spacial score (nSPS) is 14.4. The van der Waals surface area contributed by atoms with Crippen molar-refractivity contribution < 1.29 is 9.53 Å². The van der Waals surface area contributed by atoms with Gasteiger partial charge in [-0.15, -0.1) is 0 Å². The van der Waals surface area contributed by atoms with Crippen LogP contribution in [0.3, 0.4) is 0 Å². The lowest BCUT2D eigenvalue weighted by atomic mass is 9.97. The molecule has 7 heteroatoms. The summed E-state index contributed by atoms with van der Waals surface area (Å²) in [7, 11) is 1.64. The first-order valence-electron chi connectivity index (χ1n) is 10.7. The van der Waals surface area contributed by atoms with Gasteiger partial charge in [0.1, 0.15) is 11.6 Å².